The van der Waals surface area contributed by atoms with Crippen LogP contribution >= 0.6 is 15.9 Å². The summed E-state index contributed by atoms with van der Waals surface area (Å²) in [6, 6.07) is 12.9. The summed E-state index contributed by atoms with van der Waals surface area (Å²) in [5.41, 5.74) is 5.70. The molecule has 0 spiro atoms. The Bertz CT molecular complexity index is 808. The van der Waals surface area contributed by atoms with Crippen LogP contribution in [-0.4, -0.2) is 12.1 Å². The number of ether oxygens (including phenoxy) is 1. The molecule has 26 heavy (non-hydrogen) atoms. The normalized spacial score (nSPS) is 29.1. The standard InChI is InChI=1S/C23H24BrNO/c1-26-20-5-2-16(3-6-20)22(17-4-7-21(24)25-13-17)23-18-9-14-8-15(11-18)12-19(23)10-14/h2-7,13-15,18-19H,8-12H2,1H3. The van der Waals surface area contributed by atoms with Crippen LogP contribution in [0.15, 0.2) is 52.8 Å². The summed E-state index contributed by atoms with van der Waals surface area (Å²) < 4.78 is 6.27. The van der Waals surface area contributed by atoms with Gasteiger partial charge in [0.25, 0.3) is 0 Å². The molecule has 0 unspecified atom stereocenters. The van der Waals surface area contributed by atoms with E-state index in [2.05, 4.69) is 57.3 Å². The van der Waals surface area contributed by atoms with Crippen LogP contribution in [0.5, 0.6) is 5.75 Å². The highest BCUT2D eigenvalue weighted by Gasteiger charge is 2.46. The second-order valence-electron chi connectivity index (χ2n) is 8.23. The third-order valence-corrected chi connectivity index (χ3v) is 7.17. The van der Waals surface area contributed by atoms with Crippen molar-refractivity contribution in [3.05, 3.63) is 63.9 Å². The number of benzene rings is 1. The van der Waals surface area contributed by atoms with Gasteiger partial charge in [0.15, 0.2) is 0 Å². The summed E-state index contributed by atoms with van der Waals surface area (Å²) in [6.45, 7) is 0. The first kappa shape index (κ1) is 16.6. The predicted octanol–water partition coefficient (Wildman–Crippen LogP) is 6.11. The number of pyridine rings is 1. The van der Waals surface area contributed by atoms with Crippen LogP contribution in [0.2, 0.25) is 0 Å². The molecule has 4 saturated carbocycles. The van der Waals surface area contributed by atoms with E-state index in [1.54, 1.807) is 12.7 Å². The maximum Gasteiger partial charge on any atom is 0.118 e. The molecule has 0 radical (unpaired) electrons. The minimum absolute atomic E-state index is 0.770. The van der Waals surface area contributed by atoms with Gasteiger partial charge in [0.2, 0.25) is 0 Å². The van der Waals surface area contributed by atoms with E-state index in [0.717, 1.165) is 34.0 Å². The van der Waals surface area contributed by atoms with Gasteiger partial charge in [0.05, 0.1) is 7.11 Å². The minimum atomic E-state index is 0.770. The fourth-order valence-corrected chi connectivity index (χ4v) is 6.12. The van der Waals surface area contributed by atoms with Crippen molar-refractivity contribution in [3.63, 3.8) is 0 Å². The van der Waals surface area contributed by atoms with Crippen molar-refractivity contribution < 1.29 is 4.74 Å². The van der Waals surface area contributed by atoms with Gasteiger partial charge in [0, 0.05) is 11.8 Å². The van der Waals surface area contributed by atoms with Gasteiger partial charge < -0.3 is 4.74 Å². The van der Waals surface area contributed by atoms with Crippen molar-refractivity contribution in [2.45, 2.75) is 32.1 Å². The summed E-state index contributed by atoms with van der Waals surface area (Å²) in [7, 11) is 1.73. The molecule has 1 aromatic carbocycles. The molecule has 134 valence electrons. The molecule has 2 nitrogen and oxygen atoms in total. The summed E-state index contributed by atoms with van der Waals surface area (Å²) in [5.74, 6) is 4.40. The number of nitrogens with zero attached hydrogens (tertiary/aromatic N) is 1. The molecule has 0 saturated heterocycles. The van der Waals surface area contributed by atoms with Crippen LogP contribution in [0.25, 0.3) is 5.57 Å². The number of hydrogen-bond donors (Lipinski definition) is 0. The lowest BCUT2D eigenvalue weighted by Gasteiger charge is -2.52. The van der Waals surface area contributed by atoms with E-state index >= 15 is 0 Å². The molecule has 2 aromatic rings. The van der Waals surface area contributed by atoms with E-state index in [4.69, 9.17) is 4.74 Å². The molecular formula is C23H24BrNO. The molecule has 6 rings (SSSR count). The van der Waals surface area contributed by atoms with Crippen LogP contribution in [0, 0.1) is 23.7 Å². The summed E-state index contributed by atoms with van der Waals surface area (Å²) in [4.78, 5) is 4.53. The van der Waals surface area contributed by atoms with E-state index in [1.807, 2.05) is 6.20 Å². The molecule has 4 fully saturated rings. The van der Waals surface area contributed by atoms with Crippen molar-refractivity contribution in [1.82, 2.24) is 4.98 Å². The van der Waals surface area contributed by atoms with Gasteiger partial charge in [-0.05, 0) is 101 Å². The smallest absolute Gasteiger partial charge is 0.118 e. The SMILES string of the molecule is COc1ccc(C(=C2C3CC4CC(C3)CC2C4)c2ccc(Br)nc2)cc1. The van der Waals surface area contributed by atoms with E-state index < -0.39 is 0 Å². The summed E-state index contributed by atoms with van der Waals surface area (Å²) >= 11 is 3.48. The molecule has 0 atom stereocenters. The largest absolute Gasteiger partial charge is 0.497 e. The molecule has 0 N–H and O–H groups in total. The Morgan fingerprint density at radius 3 is 2.04 bits per heavy atom. The summed E-state index contributed by atoms with van der Waals surface area (Å²) in [5, 5.41) is 0. The molecule has 0 amide bonds. The Morgan fingerprint density at radius 2 is 1.50 bits per heavy atom. The number of hydrogen-bond acceptors (Lipinski definition) is 2. The monoisotopic (exact) mass is 409 g/mol. The topological polar surface area (TPSA) is 22.1 Å². The summed E-state index contributed by atoms with van der Waals surface area (Å²) in [6.07, 6.45) is 9.09. The average Bonchev–Trinajstić information content (AvgIpc) is 2.65. The van der Waals surface area contributed by atoms with Crippen molar-refractivity contribution in [3.8, 4) is 5.75 Å². The zero-order chi connectivity index (χ0) is 17.7. The van der Waals surface area contributed by atoms with Gasteiger partial charge >= 0.3 is 0 Å². The average molecular weight is 410 g/mol. The van der Waals surface area contributed by atoms with Crippen LogP contribution < -0.4 is 4.74 Å². The Balaban J connectivity index is 1.67. The lowest BCUT2D eigenvalue weighted by molar-refractivity contribution is 0.0705. The van der Waals surface area contributed by atoms with Gasteiger partial charge in [-0.1, -0.05) is 23.8 Å². The van der Waals surface area contributed by atoms with Gasteiger partial charge in [-0.2, -0.15) is 0 Å². The van der Waals surface area contributed by atoms with E-state index in [1.165, 1.54) is 48.8 Å². The number of methoxy groups -OCH3 is 1. The molecular weight excluding hydrogens is 386 g/mol. The Morgan fingerprint density at radius 1 is 0.885 bits per heavy atom. The predicted molar refractivity (Wildman–Crippen MR) is 108 cm³/mol. The third-order valence-electron chi connectivity index (χ3n) is 6.70. The van der Waals surface area contributed by atoms with Crippen molar-refractivity contribution >= 4 is 21.5 Å². The lowest BCUT2D eigenvalue weighted by Crippen LogP contribution is -2.40. The minimum Gasteiger partial charge on any atom is -0.497 e. The first-order chi connectivity index (χ1) is 12.7. The fraction of sp³-hybridized carbons (Fsp3) is 0.435. The number of aromatic nitrogens is 1. The zero-order valence-corrected chi connectivity index (χ0v) is 16.7. The zero-order valence-electron chi connectivity index (χ0n) is 15.1. The van der Waals surface area contributed by atoms with E-state index in [9.17, 15) is 0 Å². The van der Waals surface area contributed by atoms with Crippen LogP contribution in [0.1, 0.15) is 43.2 Å². The molecule has 0 aliphatic heterocycles. The first-order valence-corrected chi connectivity index (χ1v) is 10.5. The highest BCUT2D eigenvalue weighted by molar-refractivity contribution is 9.10. The Kier molecular flexibility index (Phi) is 4.16. The molecule has 4 bridgehead atoms. The first-order valence-electron chi connectivity index (χ1n) is 9.71. The van der Waals surface area contributed by atoms with Crippen molar-refractivity contribution in [1.29, 1.82) is 0 Å². The maximum atomic E-state index is 5.38. The molecule has 4 aliphatic carbocycles. The van der Waals surface area contributed by atoms with Crippen LogP contribution in [0.3, 0.4) is 0 Å². The highest BCUT2D eigenvalue weighted by Crippen LogP contribution is 2.58. The van der Waals surface area contributed by atoms with Gasteiger partial charge in [-0.15, -0.1) is 0 Å². The molecule has 4 aliphatic rings. The van der Waals surface area contributed by atoms with E-state index in [0.29, 0.717) is 0 Å². The van der Waals surface area contributed by atoms with Crippen LogP contribution in [-0.2, 0) is 0 Å². The third kappa shape index (κ3) is 2.81. The van der Waals surface area contributed by atoms with Gasteiger partial charge in [-0.25, -0.2) is 4.98 Å². The number of rotatable bonds is 3. The van der Waals surface area contributed by atoms with Gasteiger partial charge in [-0.3, -0.25) is 0 Å². The Labute approximate surface area is 163 Å². The molecule has 3 heteroatoms. The maximum absolute atomic E-state index is 5.38. The Hall–Kier alpha value is -1.61. The van der Waals surface area contributed by atoms with Crippen LogP contribution in [0.4, 0.5) is 0 Å². The molecule has 1 heterocycles. The van der Waals surface area contributed by atoms with Gasteiger partial charge in [0.1, 0.15) is 10.4 Å². The second-order valence-corrected chi connectivity index (χ2v) is 9.05. The van der Waals surface area contributed by atoms with Crippen molar-refractivity contribution in [2.24, 2.45) is 23.7 Å². The van der Waals surface area contributed by atoms with E-state index in [-0.39, 0.29) is 0 Å². The quantitative estimate of drug-likeness (QED) is 0.570. The number of halogens is 1. The second kappa shape index (κ2) is 6.53. The van der Waals surface area contributed by atoms with Crippen molar-refractivity contribution in [2.75, 3.05) is 7.11 Å². The lowest BCUT2D eigenvalue weighted by atomic mass is 9.53. The highest BCUT2D eigenvalue weighted by atomic mass is 79.9. The fourth-order valence-electron chi connectivity index (χ4n) is 5.88. The number of allylic oxidation sites excluding steroid dienone is 1. The molecule has 1 aromatic heterocycles.